The maximum Gasteiger partial charge on any atom is 0.151 e. The van der Waals surface area contributed by atoms with E-state index < -0.39 is 0 Å². The molecule has 96 valence electrons. The number of nitriles is 1. The largest absolute Gasteiger partial charge is 0.338 e. The van der Waals surface area contributed by atoms with Crippen LogP contribution in [0, 0.1) is 11.3 Å². The maximum absolute atomic E-state index is 8.80. The third-order valence-corrected chi connectivity index (χ3v) is 3.86. The van der Waals surface area contributed by atoms with Gasteiger partial charge in [-0.05, 0) is 40.2 Å². The minimum absolute atomic E-state index is 0.165. The molecule has 0 aliphatic rings. The van der Waals surface area contributed by atoms with E-state index in [1.54, 1.807) is 18.2 Å². The van der Waals surface area contributed by atoms with Gasteiger partial charge in [-0.1, -0.05) is 34.8 Å². The zero-order valence-electron chi connectivity index (χ0n) is 9.22. The molecule has 0 aliphatic heterocycles. The first-order valence-corrected chi connectivity index (χ1v) is 6.92. The molecule has 1 heterocycles. The van der Waals surface area contributed by atoms with Crippen LogP contribution >= 0.6 is 50.7 Å². The van der Waals surface area contributed by atoms with Gasteiger partial charge in [-0.15, -0.1) is 0 Å². The first-order chi connectivity index (χ1) is 9.01. The van der Waals surface area contributed by atoms with Gasteiger partial charge < -0.3 is 5.32 Å². The average Bonchev–Trinajstić information content (AvgIpc) is 2.38. The van der Waals surface area contributed by atoms with Crippen LogP contribution in [0.5, 0.6) is 0 Å². The predicted octanol–water partition coefficient (Wildman–Crippen LogP) is 5.42. The summed E-state index contributed by atoms with van der Waals surface area (Å²) in [4.78, 5) is 4.06. The molecule has 1 aromatic heterocycles. The molecule has 19 heavy (non-hydrogen) atoms. The monoisotopic (exact) mass is 375 g/mol. The molecule has 7 heteroatoms. The second-order valence-corrected chi connectivity index (χ2v) is 5.55. The highest BCUT2D eigenvalue weighted by Gasteiger charge is 2.09. The lowest BCUT2D eigenvalue weighted by Crippen LogP contribution is -1.96. The summed E-state index contributed by atoms with van der Waals surface area (Å²) in [6.45, 7) is 0. The van der Waals surface area contributed by atoms with E-state index in [1.807, 2.05) is 6.07 Å². The van der Waals surface area contributed by atoms with Gasteiger partial charge in [0.15, 0.2) is 5.82 Å². The number of nitrogens with zero attached hydrogens (tertiary/aromatic N) is 2. The third kappa shape index (κ3) is 3.31. The van der Waals surface area contributed by atoms with Crippen molar-refractivity contribution in [2.45, 2.75) is 0 Å². The van der Waals surface area contributed by atoms with Crippen molar-refractivity contribution < 1.29 is 0 Å². The lowest BCUT2D eigenvalue weighted by atomic mass is 10.2. The van der Waals surface area contributed by atoms with Crippen molar-refractivity contribution in [3.8, 4) is 6.07 Å². The Morgan fingerprint density at radius 2 is 1.89 bits per heavy atom. The van der Waals surface area contributed by atoms with Crippen molar-refractivity contribution in [1.29, 1.82) is 5.26 Å². The molecule has 0 unspecified atom stereocenters. The number of hydrogen-bond donors (Lipinski definition) is 1. The molecule has 0 spiro atoms. The Kier molecular flexibility index (Phi) is 4.54. The van der Waals surface area contributed by atoms with Crippen LogP contribution in [0.2, 0.25) is 15.2 Å². The third-order valence-electron chi connectivity index (χ3n) is 2.24. The number of anilines is 2. The standard InChI is InChI=1S/C12H5BrCl3N3/c13-7-3-6(5-17)1-2-10(7)18-12-9(15)4-8(14)11(16)19-12/h1-4H,(H,18,19). The zero-order chi connectivity index (χ0) is 14.0. The molecule has 0 radical (unpaired) electrons. The molecule has 0 amide bonds. The summed E-state index contributed by atoms with van der Waals surface area (Å²) in [7, 11) is 0. The fourth-order valence-electron chi connectivity index (χ4n) is 1.35. The van der Waals surface area contributed by atoms with E-state index in [0.29, 0.717) is 22.1 Å². The molecular formula is C12H5BrCl3N3. The SMILES string of the molecule is N#Cc1ccc(Nc2nc(Cl)c(Cl)cc2Cl)c(Br)c1. The molecule has 0 atom stereocenters. The number of pyridine rings is 1. The minimum atomic E-state index is 0.165. The van der Waals surface area contributed by atoms with E-state index in [4.69, 9.17) is 40.1 Å². The van der Waals surface area contributed by atoms with Crippen LogP contribution in [-0.2, 0) is 0 Å². The fraction of sp³-hybridized carbons (Fsp3) is 0. The number of benzene rings is 1. The zero-order valence-corrected chi connectivity index (χ0v) is 13.1. The summed E-state index contributed by atoms with van der Waals surface area (Å²) >= 11 is 21.0. The predicted molar refractivity (Wildman–Crippen MR) is 81.4 cm³/mol. The van der Waals surface area contributed by atoms with Crippen LogP contribution in [0.1, 0.15) is 5.56 Å². The summed E-state index contributed by atoms with van der Waals surface area (Å²) in [5.41, 5.74) is 1.26. The van der Waals surface area contributed by atoms with Crippen LogP contribution in [0.15, 0.2) is 28.7 Å². The highest BCUT2D eigenvalue weighted by Crippen LogP contribution is 2.33. The molecule has 0 fully saturated rings. The molecular weight excluding hydrogens is 372 g/mol. The van der Waals surface area contributed by atoms with Crippen molar-refractivity contribution in [3.05, 3.63) is 49.5 Å². The van der Waals surface area contributed by atoms with Crippen LogP contribution in [0.3, 0.4) is 0 Å². The van der Waals surface area contributed by atoms with E-state index in [-0.39, 0.29) is 10.2 Å². The number of hydrogen-bond acceptors (Lipinski definition) is 3. The summed E-state index contributed by atoms with van der Waals surface area (Å²) in [5.74, 6) is 0.390. The van der Waals surface area contributed by atoms with Gasteiger partial charge in [0.1, 0.15) is 5.15 Å². The fourth-order valence-corrected chi connectivity index (χ4v) is 2.37. The van der Waals surface area contributed by atoms with Gasteiger partial charge in [0.05, 0.1) is 27.4 Å². The smallest absolute Gasteiger partial charge is 0.151 e. The van der Waals surface area contributed by atoms with Crippen molar-refractivity contribution in [1.82, 2.24) is 4.98 Å². The van der Waals surface area contributed by atoms with Crippen LogP contribution < -0.4 is 5.32 Å². The van der Waals surface area contributed by atoms with Crippen molar-refractivity contribution in [2.75, 3.05) is 5.32 Å². The van der Waals surface area contributed by atoms with Crippen molar-refractivity contribution in [3.63, 3.8) is 0 Å². The molecule has 2 aromatic rings. The summed E-state index contributed by atoms with van der Waals surface area (Å²) in [6, 6.07) is 8.67. The second-order valence-electron chi connectivity index (χ2n) is 3.52. The van der Waals surface area contributed by atoms with Crippen LogP contribution in [-0.4, -0.2) is 4.98 Å². The van der Waals surface area contributed by atoms with Crippen molar-refractivity contribution >= 4 is 62.2 Å². The summed E-state index contributed by atoms with van der Waals surface area (Å²) in [5, 5.41) is 12.6. The van der Waals surface area contributed by atoms with Gasteiger partial charge >= 0.3 is 0 Å². The number of rotatable bonds is 2. The first-order valence-electron chi connectivity index (χ1n) is 4.99. The number of halogens is 4. The second kappa shape index (κ2) is 5.98. The van der Waals surface area contributed by atoms with Crippen LogP contribution in [0.25, 0.3) is 0 Å². The van der Waals surface area contributed by atoms with E-state index in [0.717, 1.165) is 4.47 Å². The Morgan fingerprint density at radius 1 is 1.16 bits per heavy atom. The summed E-state index contributed by atoms with van der Waals surface area (Å²) in [6.07, 6.45) is 0. The normalized spacial score (nSPS) is 10.1. The molecule has 0 saturated carbocycles. The van der Waals surface area contributed by atoms with Gasteiger partial charge in [-0.2, -0.15) is 5.26 Å². The van der Waals surface area contributed by atoms with Gasteiger partial charge in [-0.25, -0.2) is 4.98 Å². The van der Waals surface area contributed by atoms with Gasteiger partial charge in [0.2, 0.25) is 0 Å². The minimum Gasteiger partial charge on any atom is -0.338 e. The molecule has 0 bridgehead atoms. The average molecular weight is 377 g/mol. The molecule has 1 aromatic carbocycles. The topological polar surface area (TPSA) is 48.7 Å². The van der Waals surface area contributed by atoms with E-state index in [1.165, 1.54) is 6.07 Å². The number of aromatic nitrogens is 1. The molecule has 1 N–H and O–H groups in total. The van der Waals surface area contributed by atoms with Gasteiger partial charge in [-0.3, -0.25) is 0 Å². The summed E-state index contributed by atoms with van der Waals surface area (Å²) < 4.78 is 0.718. The molecule has 0 saturated heterocycles. The first kappa shape index (κ1) is 14.4. The van der Waals surface area contributed by atoms with E-state index in [2.05, 4.69) is 26.2 Å². The van der Waals surface area contributed by atoms with Crippen LogP contribution in [0.4, 0.5) is 11.5 Å². The van der Waals surface area contributed by atoms with Crippen molar-refractivity contribution in [2.24, 2.45) is 0 Å². The van der Waals surface area contributed by atoms with Gasteiger partial charge in [0.25, 0.3) is 0 Å². The quantitative estimate of drug-likeness (QED) is 0.711. The highest BCUT2D eigenvalue weighted by molar-refractivity contribution is 9.10. The highest BCUT2D eigenvalue weighted by atomic mass is 79.9. The molecule has 0 aliphatic carbocycles. The lowest BCUT2D eigenvalue weighted by Gasteiger charge is -2.10. The Labute approximate surface area is 133 Å². The van der Waals surface area contributed by atoms with E-state index in [9.17, 15) is 0 Å². The number of nitrogens with one attached hydrogen (secondary N) is 1. The van der Waals surface area contributed by atoms with E-state index >= 15 is 0 Å². The lowest BCUT2D eigenvalue weighted by molar-refractivity contribution is 1.30. The molecule has 3 nitrogen and oxygen atoms in total. The van der Waals surface area contributed by atoms with Gasteiger partial charge in [0, 0.05) is 4.47 Å². The molecule has 2 rings (SSSR count). The Bertz CT molecular complexity index is 683. The Balaban J connectivity index is 2.37. The Hall–Kier alpha value is -0.990. The Morgan fingerprint density at radius 3 is 2.53 bits per heavy atom. The maximum atomic E-state index is 8.80.